The van der Waals surface area contributed by atoms with E-state index >= 15 is 4.39 Å². The van der Waals surface area contributed by atoms with E-state index in [0.29, 0.717) is 51.9 Å². The predicted octanol–water partition coefficient (Wildman–Crippen LogP) is 3.25. The van der Waals surface area contributed by atoms with Crippen molar-refractivity contribution in [2.45, 2.75) is 31.8 Å². The minimum Gasteiger partial charge on any atom is -0.491 e. The maximum atomic E-state index is 15.3. The van der Waals surface area contributed by atoms with Crippen molar-refractivity contribution in [1.29, 1.82) is 0 Å². The van der Waals surface area contributed by atoms with Crippen LogP contribution in [0.3, 0.4) is 0 Å². The summed E-state index contributed by atoms with van der Waals surface area (Å²) in [7, 11) is 0. The van der Waals surface area contributed by atoms with E-state index in [1.54, 1.807) is 0 Å². The quantitative estimate of drug-likeness (QED) is 0.494. The van der Waals surface area contributed by atoms with Crippen molar-refractivity contribution < 1.29 is 23.8 Å². The molecule has 3 aromatic rings. The van der Waals surface area contributed by atoms with Gasteiger partial charge >= 0.3 is 6.09 Å². The molecule has 3 aliphatic heterocycles. The van der Waals surface area contributed by atoms with Gasteiger partial charge in [0.05, 0.1) is 17.8 Å². The monoisotopic (exact) mass is 511 g/mol. The van der Waals surface area contributed by atoms with E-state index in [9.17, 15) is 14.7 Å². The number of nitrogens with zero attached hydrogens (tertiary/aromatic N) is 3. The summed E-state index contributed by atoms with van der Waals surface area (Å²) in [6, 6.07) is 6.68. The predicted molar refractivity (Wildman–Crippen MR) is 134 cm³/mol. The molecule has 1 aromatic carbocycles. The second kappa shape index (κ2) is 8.51. The number of anilines is 2. The number of carboxylic acid groups (broad SMARTS) is 1. The van der Waals surface area contributed by atoms with Crippen molar-refractivity contribution in [3.8, 4) is 5.75 Å². The second-order valence-corrected chi connectivity index (χ2v) is 10.7. The van der Waals surface area contributed by atoms with Crippen molar-refractivity contribution in [1.82, 2.24) is 15.2 Å². The minimum atomic E-state index is -0.916. The Labute approximate surface area is 210 Å². The Kier molecular flexibility index (Phi) is 5.40. The third-order valence-corrected chi connectivity index (χ3v) is 8.57. The van der Waals surface area contributed by atoms with Crippen LogP contribution in [-0.2, 0) is 6.42 Å². The molecule has 188 valence electrons. The number of amides is 2. The number of hydrogen-bond donors (Lipinski definition) is 3. The third-order valence-electron chi connectivity index (χ3n) is 7.45. The van der Waals surface area contributed by atoms with Gasteiger partial charge < -0.3 is 30.7 Å². The lowest BCUT2D eigenvalue weighted by molar-refractivity contribution is 0.0919. The molecule has 2 fully saturated rings. The van der Waals surface area contributed by atoms with Gasteiger partial charge in [-0.05, 0) is 31.5 Å². The fraction of sp³-hybridized carbons (Fsp3) is 0.400. The summed E-state index contributed by atoms with van der Waals surface area (Å²) in [5.74, 6) is 0.00263. The molecule has 0 unspecified atom stereocenters. The Morgan fingerprint density at radius 3 is 2.94 bits per heavy atom. The van der Waals surface area contributed by atoms with E-state index in [4.69, 9.17) is 10.5 Å². The van der Waals surface area contributed by atoms with Gasteiger partial charge in [0.25, 0.3) is 5.91 Å². The molecule has 0 radical (unpaired) electrons. The fourth-order valence-electron chi connectivity index (χ4n) is 5.63. The van der Waals surface area contributed by atoms with Crippen molar-refractivity contribution in [2.24, 2.45) is 5.92 Å². The van der Waals surface area contributed by atoms with Crippen LogP contribution in [0.4, 0.5) is 20.6 Å². The van der Waals surface area contributed by atoms with Crippen LogP contribution >= 0.6 is 11.3 Å². The smallest absolute Gasteiger partial charge is 0.407 e. The number of pyridine rings is 1. The summed E-state index contributed by atoms with van der Waals surface area (Å²) < 4.78 is 21.2. The molecule has 2 aromatic heterocycles. The molecule has 0 bridgehead atoms. The van der Waals surface area contributed by atoms with Gasteiger partial charge in [0.1, 0.15) is 27.9 Å². The van der Waals surface area contributed by atoms with E-state index in [0.717, 1.165) is 24.0 Å². The number of benzene rings is 1. The molecule has 5 heterocycles. The molecule has 0 saturated carbocycles. The van der Waals surface area contributed by atoms with E-state index < -0.39 is 12.1 Å². The molecule has 0 spiro atoms. The zero-order chi connectivity index (χ0) is 25.1. The van der Waals surface area contributed by atoms with Crippen LogP contribution < -0.4 is 20.7 Å². The van der Waals surface area contributed by atoms with E-state index in [-0.39, 0.29) is 30.3 Å². The normalized spacial score (nSPS) is 22.9. The average Bonchev–Trinajstić information content (AvgIpc) is 3.52. The number of likely N-dealkylation sites (tertiary alicyclic amines) is 1. The summed E-state index contributed by atoms with van der Waals surface area (Å²) in [5, 5.41) is 13.0. The zero-order valence-electron chi connectivity index (χ0n) is 19.7. The van der Waals surface area contributed by atoms with Gasteiger partial charge in [-0.15, -0.1) is 11.3 Å². The molecule has 11 heteroatoms. The van der Waals surface area contributed by atoms with E-state index in [1.807, 2.05) is 25.1 Å². The van der Waals surface area contributed by atoms with Crippen LogP contribution in [0.5, 0.6) is 5.75 Å². The Hall–Kier alpha value is -3.60. The van der Waals surface area contributed by atoms with E-state index in [2.05, 4.69) is 15.2 Å². The molecule has 36 heavy (non-hydrogen) atoms. The molecule has 0 aliphatic carbocycles. The highest BCUT2D eigenvalue weighted by Crippen LogP contribution is 2.39. The zero-order valence-corrected chi connectivity index (χ0v) is 20.5. The number of carbonyl (C=O) groups is 2. The van der Waals surface area contributed by atoms with Gasteiger partial charge in [-0.1, -0.05) is 0 Å². The number of aromatic nitrogens is 1. The van der Waals surface area contributed by atoms with Gasteiger partial charge in [-0.2, -0.15) is 0 Å². The molecule has 2 saturated heterocycles. The lowest BCUT2D eigenvalue weighted by Gasteiger charge is -2.30. The summed E-state index contributed by atoms with van der Waals surface area (Å²) >= 11 is 1.24. The molecule has 3 aliphatic rings. The number of hydrogen-bond acceptors (Lipinski definition) is 7. The molecule has 4 N–H and O–H groups in total. The van der Waals surface area contributed by atoms with Gasteiger partial charge in [0, 0.05) is 60.4 Å². The standard InChI is InChI=1S/C25H26FN5O4S/c1-12-2-3-16-21(27)22(36-24(16)28-12)23(32)29-14-6-17-18(26)7-15(8-20(17)35-11-14)31-5-4-13-9-30(25(33)34)10-19(13)31/h2-3,7-8,13-14,19H,4-6,9-11,27H2,1H3,(H,29,32)(H,33,34)/t13-,14+,19+/m0/s1. The number of fused-ring (bicyclic) bond motifs is 3. The van der Waals surface area contributed by atoms with Gasteiger partial charge in [0.15, 0.2) is 0 Å². The Morgan fingerprint density at radius 2 is 2.14 bits per heavy atom. The maximum absolute atomic E-state index is 15.3. The first-order valence-electron chi connectivity index (χ1n) is 11.9. The second-order valence-electron chi connectivity index (χ2n) is 9.74. The van der Waals surface area contributed by atoms with Gasteiger partial charge in [0.2, 0.25) is 0 Å². The lowest BCUT2D eigenvalue weighted by atomic mass is 10.0. The molecule has 2 amide bonds. The average molecular weight is 512 g/mol. The third kappa shape index (κ3) is 3.78. The molecule has 9 nitrogen and oxygen atoms in total. The highest BCUT2D eigenvalue weighted by Gasteiger charge is 2.43. The number of thiophene rings is 1. The highest BCUT2D eigenvalue weighted by molar-refractivity contribution is 7.21. The van der Waals surface area contributed by atoms with E-state index in [1.165, 1.54) is 22.3 Å². The topological polar surface area (TPSA) is 121 Å². The summed E-state index contributed by atoms with van der Waals surface area (Å²) in [5.41, 5.74) is 8.58. The number of nitrogens with one attached hydrogen (secondary N) is 1. The number of nitrogens with two attached hydrogens (primary N) is 1. The van der Waals surface area contributed by atoms with Crippen LogP contribution in [-0.4, -0.2) is 65.3 Å². The largest absolute Gasteiger partial charge is 0.491 e. The highest BCUT2D eigenvalue weighted by atomic mass is 32.1. The Bertz CT molecular complexity index is 1390. The minimum absolute atomic E-state index is 0.0409. The first kappa shape index (κ1) is 22.8. The first-order chi connectivity index (χ1) is 17.3. The van der Waals surface area contributed by atoms with Crippen LogP contribution in [0, 0.1) is 18.7 Å². The SMILES string of the molecule is Cc1ccc2c(N)c(C(=O)N[C@H]3COc4cc(N5CC[C@H]6CN(C(=O)O)C[C@H]65)cc(F)c4C3)sc2n1. The van der Waals surface area contributed by atoms with Crippen molar-refractivity contribution in [3.63, 3.8) is 0 Å². The number of rotatable bonds is 3. The van der Waals surface area contributed by atoms with Crippen molar-refractivity contribution in [2.75, 3.05) is 36.9 Å². The molecule has 6 rings (SSSR count). The number of ether oxygens (including phenoxy) is 1. The number of halogens is 1. The van der Waals surface area contributed by atoms with Crippen LogP contribution in [0.15, 0.2) is 24.3 Å². The van der Waals surface area contributed by atoms with Crippen molar-refractivity contribution >= 4 is 44.9 Å². The Morgan fingerprint density at radius 1 is 1.31 bits per heavy atom. The summed E-state index contributed by atoms with van der Waals surface area (Å²) in [4.78, 5) is 33.4. The molecular formula is C25H26FN5O4S. The first-order valence-corrected chi connectivity index (χ1v) is 12.8. The Balaban J connectivity index is 1.18. The van der Waals surface area contributed by atoms with Crippen LogP contribution in [0.25, 0.3) is 10.2 Å². The van der Waals surface area contributed by atoms with Crippen LogP contribution in [0.1, 0.15) is 27.3 Å². The fourth-order valence-corrected chi connectivity index (χ4v) is 6.67. The summed E-state index contributed by atoms with van der Waals surface area (Å²) in [6.45, 7) is 3.78. The maximum Gasteiger partial charge on any atom is 0.407 e. The van der Waals surface area contributed by atoms with Gasteiger partial charge in [-0.25, -0.2) is 14.2 Å². The number of nitrogen functional groups attached to an aromatic ring is 1. The summed E-state index contributed by atoms with van der Waals surface area (Å²) in [6.07, 6.45) is 0.257. The van der Waals surface area contributed by atoms with Crippen molar-refractivity contribution in [3.05, 3.63) is 46.2 Å². The number of carbonyl (C=O) groups excluding carboxylic acids is 1. The number of aryl methyl sites for hydroxylation is 1. The molecular weight excluding hydrogens is 485 g/mol. The lowest BCUT2D eigenvalue weighted by Crippen LogP contribution is -2.43. The van der Waals surface area contributed by atoms with Gasteiger partial charge in [-0.3, -0.25) is 4.79 Å². The molecule has 3 atom stereocenters. The van der Waals surface area contributed by atoms with Crippen LogP contribution in [0.2, 0.25) is 0 Å².